The lowest BCUT2D eigenvalue weighted by Gasteiger charge is -2.48. The fourth-order valence-electron chi connectivity index (χ4n) is 3.11. The normalized spacial score (nSPS) is 28.1. The van der Waals surface area contributed by atoms with Gasteiger partial charge in [-0.1, -0.05) is 20.8 Å². The van der Waals surface area contributed by atoms with Crippen molar-refractivity contribution < 1.29 is 8.42 Å². The first-order valence-electron chi connectivity index (χ1n) is 6.95. The summed E-state index contributed by atoms with van der Waals surface area (Å²) in [5, 5.41) is 3.56. The fourth-order valence-corrected chi connectivity index (χ4v) is 5.04. The van der Waals surface area contributed by atoms with Crippen LogP contribution in [0.4, 0.5) is 0 Å². The average molecular weight is 274 g/mol. The molecule has 106 valence electrons. The number of nitrogens with one attached hydrogen (secondary N) is 2. The molecule has 2 rings (SSSR count). The number of rotatable bonds is 3. The molecule has 1 saturated heterocycles. The standard InChI is InChI=1S/C13H26N2O2S/c1-12(2,3)10-18(16,17)15-11-5-8-14-13(9-11)6-4-7-13/h11,14-15H,4-10H2,1-3H3. The molecule has 0 amide bonds. The molecule has 2 N–H and O–H groups in total. The lowest BCUT2D eigenvalue weighted by atomic mass is 9.70. The Hall–Kier alpha value is -0.130. The summed E-state index contributed by atoms with van der Waals surface area (Å²) in [5.41, 5.74) is 0.0556. The van der Waals surface area contributed by atoms with Gasteiger partial charge in [-0.3, -0.25) is 0 Å². The Kier molecular flexibility index (Phi) is 3.78. The molecule has 1 spiro atoms. The third-order valence-electron chi connectivity index (χ3n) is 3.91. The maximum absolute atomic E-state index is 12.1. The first-order valence-corrected chi connectivity index (χ1v) is 8.60. The van der Waals surface area contributed by atoms with E-state index in [9.17, 15) is 8.42 Å². The van der Waals surface area contributed by atoms with Crippen molar-refractivity contribution in [2.75, 3.05) is 12.3 Å². The molecule has 1 aliphatic heterocycles. The number of hydrogen-bond donors (Lipinski definition) is 2. The minimum atomic E-state index is -3.15. The average Bonchev–Trinajstić information content (AvgIpc) is 2.10. The Bertz CT molecular complexity index is 394. The van der Waals surface area contributed by atoms with E-state index < -0.39 is 10.0 Å². The monoisotopic (exact) mass is 274 g/mol. The van der Waals surface area contributed by atoms with Gasteiger partial charge in [0.1, 0.15) is 0 Å². The molecule has 1 aliphatic carbocycles. The maximum atomic E-state index is 12.1. The summed E-state index contributed by atoms with van der Waals surface area (Å²) in [6, 6.07) is 0.124. The van der Waals surface area contributed by atoms with E-state index in [0.29, 0.717) is 0 Å². The van der Waals surface area contributed by atoms with Gasteiger partial charge < -0.3 is 5.32 Å². The summed E-state index contributed by atoms with van der Waals surface area (Å²) in [5.74, 6) is 0.205. The van der Waals surface area contributed by atoms with E-state index in [2.05, 4.69) is 10.0 Å². The number of hydrogen-bond acceptors (Lipinski definition) is 3. The summed E-state index contributed by atoms with van der Waals surface area (Å²) in [6.07, 6.45) is 5.53. The lowest BCUT2D eigenvalue weighted by molar-refractivity contribution is 0.126. The predicted octanol–water partition coefficient (Wildman–Crippen LogP) is 1.63. The maximum Gasteiger partial charge on any atom is 0.212 e. The highest BCUT2D eigenvalue weighted by Crippen LogP contribution is 2.38. The number of sulfonamides is 1. The van der Waals surface area contributed by atoms with Crippen molar-refractivity contribution >= 4 is 10.0 Å². The lowest BCUT2D eigenvalue weighted by Crippen LogP contribution is -2.60. The van der Waals surface area contributed by atoms with Crippen LogP contribution in [0, 0.1) is 5.41 Å². The van der Waals surface area contributed by atoms with Crippen molar-refractivity contribution in [1.29, 1.82) is 0 Å². The van der Waals surface area contributed by atoms with Gasteiger partial charge in [0.15, 0.2) is 0 Å². The van der Waals surface area contributed by atoms with Crippen LogP contribution >= 0.6 is 0 Å². The SMILES string of the molecule is CC(C)(C)CS(=O)(=O)NC1CCNC2(CCC2)C1. The van der Waals surface area contributed by atoms with Crippen molar-refractivity contribution in [1.82, 2.24) is 10.0 Å². The third kappa shape index (κ3) is 3.68. The van der Waals surface area contributed by atoms with Gasteiger partial charge in [0.05, 0.1) is 5.75 Å². The van der Waals surface area contributed by atoms with Crippen molar-refractivity contribution in [3.05, 3.63) is 0 Å². The van der Waals surface area contributed by atoms with Crippen LogP contribution in [-0.2, 0) is 10.0 Å². The van der Waals surface area contributed by atoms with Crippen LogP contribution in [-0.4, -0.2) is 32.3 Å². The summed E-state index contributed by atoms with van der Waals surface area (Å²) in [4.78, 5) is 0. The van der Waals surface area contributed by atoms with Crippen molar-refractivity contribution in [3.63, 3.8) is 0 Å². The van der Waals surface area contributed by atoms with Gasteiger partial charge in [0.25, 0.3) is 0 Å². The molecule has 2 aliphatic rings. The minimum absolute atomic E-state index is 0.124. The van der Waals surface area contributed by atoms with Crippen LogP contribution in [0.2, 0.25) is 0 Å². The topological polar surface area (TPSA) is 58.2 Å². The van der Waals surface area contributed by atoms with E-state index in [4.69, 9.17) is 0 Å². The second-order valence-corrected chi connectivity index (χ2v) is 8.94. The van der Waals surface area contributed by atoms with E-state index in [1.165, 1.54) is 19.3 Å². The molecule has 0 aromatic heterocycles. The Balaban J connectivity index is 1.92. The van der Waals surface area contributed by atoms with E-state index in [-0.39, 0.29) is 22.7 Å². The van der Waals surface area contributed by atoms with Crippen LogP contribution < -0.4 is 10.0 Å². The van der Waals surface area contributed by atoms with Crippen molar-refractivity contribution in [2.45, 2.75) is 64.5 Å². The van der Waals surface area contributed by atoms with Gasteiger partial charge in [0.2, 0.25) is 10.0 Å². The highest BCUT2D eigenvalue weighted by molar-refractivity contribution is 7.89. The van der Waals surface area contributed by atoms with Gasteiger partial charge in [-0.15, -0.1) is 0 Å². The largest absolute Gasteiger partial charge is 0.311 e. The van der Waals surface area contributed by atoms with E-state index in [0.717, 1.165) is 19.4 Å². The summed E-state index contributed by atoms with van der Waals surface area (Å²) < 4.78 is 27.1. The summed E-state index contributed by atoms with van der Waals surface area (Å²) >= 11 is 0. The minimum Gasteiger partial charge on any atom is -0.311 e. The van der Waals surface area contributed by atoms with Gasteiger partial charge in [-0.2, -0.15) is 0 Å². The molecule has 1 saturated carbocycles. The molecule has 2 fully saturated rings. The molecule has 0 bridgehead atoms. The molecule has 4 nitrogen and oxygen atoms in total. The van der Waals surface area contributed by atoms with Crippen LogP contribution in [0.15, 0.2) is 0 Å². The summed E-state index contributed by atoms with van der Waals surface area (Å²) in [6.45, 7) is 6.81. The molecular weight excluding hydrogens is 248 g/mol. The van der Waals surface area contributed by atoms with Gasteiger partial charge in [-0.05, 0) is 44.1 Å². The molecule has 1 unspecified atom stereocenters. The first kappa shape index (κ1) is 14.3. The highest BCUT2D eigenvalue weighted by Gasteiger charge is 2.41. The summed E-state index contributed by atoms with van der Waals surface area (Å²) in [7, 11) is -3.15. The Labute approximate surface area is 111 Å². The third-order valence-corrected chi connectivity index (χ3v) is 5.85. The van der Waals surface area contributed by atoms with Crippen LogP contribution in [0.1, 0.15) is 52.9 Å². The van der Waals surface area contributed by atoms with Crippen molar-refractivity contribution in [3.8, 4) is 0 Å². The van der Waals surface area contributed by atoms with Gasteiger partial charge in [0, 0.05) is 11.6 Å². The molecule has 0 aromatic rings. The molecule has 0 radical (unpaired) electrons. The second kappa shape index (κ2) is 4.76. The van der Waals surface area contributed by atoms with E-state index in [1.54, 1.807) is 0 Å². The van der Waals surface area contributed by atoms with Gasteiger partial charge >= 0.3 is 0 Å². The van der Waals surface area contributed by atoms with Crippen LogP contribution in [0.25, 0.3) is 0 Å². The molecular formula is C13H26N2O2S. The smallest absolute Gasteiger partial charge is 0.212 e. The molecule has 5 heteroatoms. The Morgan fingerprint density at radius 1 is 1.33 bits per heavy atom. The number of piperidine rings is 1. The second-order valence-electron chi connectivity index (χ2n) is 7.19. The Morgan fingerprint density at radius 3 is 2.50 bits per heavy atom. The Morgan fingerprint density at radius 2 is 2.00 bits per heavy atom. The van der Waals surface area contributed by atoms with Crippen molar-refractivity contribution in [2.24, 2.45) is 5.41 Å². The molecule has 18 heavy (non-hydrogen) atoms. The first-order chi connectivity index (χ1) is 8.20. The van der Waals surface area contributed by atoms with E-state index >= 15 is 0 Å². The molecule has 1 heterocycles. The fraction of sp³-hybridized carbons (Fsp3) is 1.00. The molecule has 0 aromatic carbocycles. The molecule has 1 atom stereocenters. The highest BCUT2D eigenvalue weighted by atomic mass is 32.2. The predicted molar refractivity (Wildman–Crippen MR) is 74.0 cm³/mol. The quantitative estimate of drug-likeness (QED) is 0.822. The van der Waals surface area contributed by atoms with E-state index in [1.807, 2.05) is 20.8 Å². The zero-order valence-corrected chi connectivity index (χ0v) is 12.6. The van der Waals surface area contributed by atoms with Crippen LogP contribution in [0.5, 0.6) is 0 Å². The zero-order chi connectivity index (χ0) is 13.4. The van der Waals surface area contributed by atoms with Crippen LogP contribution in [0.3, 0.4) is 0 Å². The zero-order valence-electron chi connectivity index (χ0n) is 11.8. The van der Waals surface area contributed by atoms with Gasteiger partial charge in [-0.25, -0.2) is 13.1 Å².